The predicted octanol–water partition coefficient (Wildman–Crippen LogP) is 5.43. The van der Waals surface area contributed by atoms with Gasteiger partial charge in [-0.15, -0.1) is 0 Å². The molecule has 1 aromatic heterocycles. The molecule has 0 spiro atoms. The molecule has 37 heavy (non-hydrogen) atoms. The molecule has 0 saturated heterocycles. The summed E-state index contributed by atoms with van der Waals surface area (Å²) in [7, 11) is 0. The van der Waals surface area contributed by atoms with Gasteiger partial charge in [0.2, 0.25) is 5.95 Å². The summed E-state index contributed by atoms with van der Waals surface area (Å²) in [5.74, 6) is -2.23. The average molecular weight is 535 g/mol. The van der Waals surface area contributed by atoms with Crippen LogP contribution in [0.15, 0.2) is 59.4 Å². The third kappa shape index (κ3) is 4.79. The molecule has 4 rings (SSSR count). The lowest BCUT2D eigenvalue weighted by Gasteiger charge is -2.31. The molecule has 0 radical (unpaired) electrons. The molecule has 0 saturated carbocycles. The van der Waals surface area contributed by atoms with Crippen LogP contribution in [-0.4, -0.2) is 15.5 Å². The Bertz CT molecular complexity index is 1360. The van der Waals surface area contributed by atoms with Crippen molar-refractivity contribution in [2.75, 3.05) is 5.32 Å². The quantitative estimate of drug-likeness (QED) is 0.454. The van der Waals surface area contributed by atoms with E-state index in [1.54, 1.807) is 0 Å². The van der Waals surface area contributed by atoms with E-state index in [9.17, 15) is 49.1 Å². The average Bonchev–Trinajstić information content (AvgIpc) is 3.03. The van der Waals surface area contributed by atoms with Crippen molar-refractivity contribution in [2.24, 2.45) is 0 Å². The molecule has 0 aliphatic carbocycles. The minimum absolute atomic E-state index is 0.0316. The van der Waals surface area contributed by atoms with Crippen molar-refractivity contribution >= 4 is 11.9 Å². The number of hydrogen-bond acceptors (Lipinski definition) is 3. The molecule has 0 bridgehead atoms. The highest BCUT2D eigenvalue weighted by molar-refractivity contribution is 6.00. The molecule has 1 amide bonds. The second kappa shape index (κ2) is 8.63. The molecule has 1 aliphatic heterocycles. The first kappa shape index (κ1) is 26.2. The molecule has 1 aliphatic rings. The zero-order valence-electron chi connectivity index (χ0n) is 18.2. The third-order valence-electron chi connectivity index (χ3n) is 5.90. The normalized spacial score (nSPS) is 15.4. The highest BCUT2D eigenvalue weighted by atomic mass is 19.4. The number of nitrogens with one attached hydrogen (secondary N) is 1. The number of rotatable bonds is 4. The van der Waals surface area contributed by atoms with E-state index in [0.29, 0.717) is 16.7 Å². The largest absolute Gasteiger partial charge is 0.433 e. The van der Waals surface area contributed by atoms with Crippen LogP contribution < -0.4 is 10.9 Å². The lowest BCUT2D eigenvalue weighted by Crippen LogP contribution is -2.48. The van der Waals surface area contributed by atoms with Gasteiger partial charge in [0.25, 0.3) is 11.5 Å². The number of carbonyl (C=O) groups excluding carboxylic acids is 1. The zero-order valence-corrected chi connectivity index (χ0v) is 18.2. The van der Waals surface area contributed by atoms with Crippen molar-refractivity contribution in [3.8, 4) is 0 Å². The molecular formula is C23H14F9N3O2. The van der Waals surface area contributed by atoms with Gasteiger partial charge in [-0.05, 0) is 23.3 Å². The van der Waals surface area contributed by atoms with Gasteiger partial charge in [0.1, 0.15) is 5.54 Å². The lowest BCUT2D eigenvalue weighted by atomic mass is 9.81. The summed E-state index contributed by atoms with van der Waals surface area (Å²) in [6.07, 6.45) is -16.9. The Kier molecular flexibility index (Phi) is 6.12. The van der Waals surface area contributed by atoms with Gasteiger partial charge in [0, 0.05) is 18.9 Å². The zero-order chi connectivity index (χ0) is 27.4. The van der Waals surface area contributed by atoms with Gasteiger partial charge in [-0.3, -0.25) is 19.5 Å². The maximum absolute atomic E-state index is 13.7. The highest BCUT2D eigenvalue weighted by Gasteiger charge is 2.51. The van der Waals surface area contributed by atoms with Crippen LogP contribution in [0.3, 0.4) is 0 Å². The van der Waals surface area contributed by atoms with Gasteiger partial charge in [-0.25, -0.2) is 4.98 Å². The molecule has 0 atom stereocenters. The summed E-state index contributed by atoms with van der Waals surface area (Å²) < 4.78 is 122. The summed E-state index contributed by atoms with van der Waals surface area (Å²) >= 11 is 0. The Morgan fingerprint density at radius 3 is 1.62 bits per heavy atom. The summed E-state index contributed by atoms with van der Waals surface area (Å²) in [5.41, 5.74) is -9.26. The van der Waals surface area contributed by atoms with Crippen molar-refractivity contribution in [1.82, 2.24) is 9.55 Å². The number of halogens is 9. The van der Waals surface area contributed by atoms with Crippen molar-refractivity contribution in [3.63, 3.8) is 0 Å². The second-order valence-electron chi connectivity index (χ2n) is 8.29. The van der Waals surface area contributed by atoms with Crippen LogP contribution in [0.1, 0.15) is 27.9 Å². The van der Waals surface area contributed by atoms with Crippen LogP contribution in [0.2, 0.25) is 0 Å². The number of carbonyl (C=O) groups is 1. The summed E-state index contributed by atoms with van der Waals surface area (Å²) in [5, 5.41) is 1.95. The van der Waals surface area contributed by atoms with Gasteiger partial charge in [0.15, 0.2) is 5.69 Å². The Morgan fingerprint density at radius 2 is 1.19 bits per heavy atom. The summed E-state index contributed by atoms with van der Waals surface area (Å²) in [4.78, 5) is 29.3. The third-order valence-corrected chi connectivity index (χ3v) is 5.90. The molecule has 3 aromatic rings. The highest BCUT2D eigenvalue weighted by Crippen LogP contribution is 2.42. The second-order valence-corrected chi connectivity index (χ2v) is 8.29. The fourth-order valence-electron chi connectivity index (χ4n) is 4.36. The smallest absolute Gasteiger partial charge is 0.294 e. The number of aromatic nitrogens is 2. The first-order chi connectivity index (χ1) is 17.0. The minimum Gasteiger partial charge on any atom is -0.294 e. The van der Waals surface area contributed by atoms with E-state index in [-0.39, 0.29) is 6.07 Å². The fourth-order valence-corrected chi connectivity index (χ4v) is 4.36. The van der Waals surface area contributed by atoms with Crippen LogP contribution in [0.25, 0.3) is 0 Å². The number of anilines is 1. The SMILES string of the molecule is O=C1Nc2nc(C(F)(F)F)cc(=O)n2C1(Cc1ccccc1C(F)(F)F)Cc1ccccc1C(F)(F)F. The van der Waals surface area contributed by atoms with Crippen LogP contribution in [0, 0.1) is 0 Å². The molecule has 2 heterocycles. The number of alkyl halides is 9. The molecule has 0 unspecified atom stereocenters. The molecule has 0 fully saturated rings. The predicted molar refractivity (Wildman–Crippen MR) is 110 cm³/mol. The molecule has 2 aromatic carbocycles. The van der Waals surface area contributed by atoms with Crippen molar-refractivity contribution in [3.05, 3.63) is 92.9 Å². The standard InChI is InChI=1S/C23H14F9N3O2/c24-21(25,26)14-7-3-1-5-12(14)10-20(11-13-6-2-4-8-15(13)22(27,28)29)18(37)34-19-33-16(23(30,31)32)9-17(36)35(19)20/h1-9H,10-11H2,(H,33,34,37). The molecular weight excluding hydrogens is 521 g/mol. The van der Waals surface area contributed by atoms with E-state index in [2.05, 4.69) is 4.98 Å². The topological polar surface area (TPSA) is 64.0 Å². The van der Waals surface area contributed by atoms with E-state index in [4.69, 9.17) is 0 Å². The van der Waals surface area contributed by atoms with Crippen LogP contribution in [0.5, 0.6) is 0 Å². The van der Waals surface area contributed by atoms with Crippen molar-refractivity contribution < 1.29 is 44.3 Å². The van der Waals surface area contributed by atoms with E-state index in [1.807, 2.05) is 5.32 Å². The van der Waals surface area contributed by atoms with Crippen LogP contribution in [-0.2, 0) is 41.7 Å². The van der Waals surface area contributed by atoms with Crippen molar-refractivity contribution in [1.29, 1.82) is 0 Å². The van der Waals surface area contributed by atoms with Crippen LogP contribution in [0.4, 0.5) is 45.5 Å². The monoisotopic (exact) mass is 535 g/mol. The minimum atomic E-state index is -5.11. The maximum atomic E-state index is 13.7. The molecule has 1 N–H and O–H groups in total. The van der Waals surface area contributed by atoms with E-state index in [0.717, 1.165) is 24.3 Å². The summed E-state index contributed by atoms with van der Waals surface area (Å²) in [6.45, 7) is 0. The number of hydrogen-bond donors (Lipinski definition) is 1. The van der Waals surface area contributed by atoms with E-state index in [1.165, 1.54) is 12.1 Å². The molecule has 14 heteroatoms. The lowest BCUT2D eigenvalue weighted by molar-refractivity contribution is -0.141. The Labute approximate surface area is 201 Å². The van der Waals surface area contributed by atoms with E-state index < -0.39 is 82.3 Å². The first-order valence-corrected chi connectivity index (χ1v) is 10.4. The Hall–Kier alpha value is -3.84. The summed E-state index contributed by atoms with van der Waals surface area (Å²) in [6, 6.07) is 7.77. The van der Waals surface area contributed by atoms with E-state index >= 15 is 0 Å². The van der Waals surface area contributed by atoms with Gasteiger partial charge >= 0.3 is 18.5 Å². The molecule has 196 valence electrons. The number of benzene rings is 2. The van der Waals surface area contributed by atoms with Gasteiger partial charge in [-0.1, -0.05) is 36.4 Å². The number of fused-ring (bicyclic) bond motifs is 1. The fraction of sp³-hybridized carbons (Fsp3) is 0.261. The number of nitrogens with zero attached hydrogens (tertiary/aromatic N) is 2. The maximum Gasteiger partial charge on any atom is 0.433 e. The first-order valence-electron chi connectivity index (χ1n) is 10.4. The van der Waals surface area contributed by atoms with Crippen molar-refractivity contribution in [2.45, 2.75) is 36.9 Å². The Balaban J connectivity index is 1.99. The van der Waals surface area contributed by atoms with Gasteiger partial charge in [-0.2, -0.15) is 39.5 Å². The van der Waals surface area contributed by atoms with Gasteiger partial charge < -0.3 is 0 Å². The van der Waals surface area contributed by atoms with Gasteiger partial charge in [0.05, 0.1) is 11.1 Å². The van der Waals surface area contributed by atoms with Crippen LogP contribution >= 0.6 is 0 Å². The number of amides is 1. The Morgan fingerprint density at radius 1 is 0.730 bits per heavy atom. The molecule has 5 nitrogen and oxygen atoms in total.